The molecule has 2 rings (SSSR count). The highest BCUT2D eigenvalue weighted by Gasteiger charge is 2.38. The summed E-state index contributed by atoms with van der Waals surface area (Å²) in [5.41, 5.74) is -0.383. The Labute approximate surface area is 165 Å². The highest BCUT2D eigenvalue weighted by Crippen LogP contribution is 2.28. The highest BCUT2D eigenvalue weighted by atomic mass is 16.5. The van der Waals surface area contributed by atoms with Crippen LogP contribution < -0.4 is 10.6 Å². The summed E-state index contributed by atoms with van der Waals surface area (Å²) in [5.74, 6) is -1.34. The minimum absolute atomic E-state index is 0.00707. The molecule has 2 N–H and O–H groups in total. The van der Waals surface area contributed by atoms with Crippen molar-refractivity contribution >= 4 is 17.8 Å². The maximum absolute atomic E-state index is 13.1. The number of nitrogens with zero attached hydrogens (tertiary/aromatic N) is 2. The topological polar surface area (TPSA) is 110 Å². The van der Waals surface area contributed by atoms with Crippen LogP contribution in [0.1, 0.15) is 63.4 Å². The number of ether oxygens (including phenoxy) is 1. The molecule has 0 spiro atoms. The summed E-state index contributed by atoms with van der Waals surface area (Å²) in [6.07, 6.45) is 9.09. The van der Waals surface area contributed by atoms with Crippen LogP contribution in [0.5, 0.6) is 0 Å². The molecule has 1 aromatic heterocycles. The van der Waals surface area contributed by atoms with E-state index in [9.17, 15) is 14.4 Å². The number of nitrogens with one attached hydrogen (secondary N) is 2. The largest absolute Gasteiger partial charge is 0.467 e. The first-order valence-corrected chi connectivity index (χ1v) is 9.69. The molecule has 154 valence electrons. The molecule has 1 aliphatic rings. The Morgan fingerprint density at radius 3 is 2.32 bits per heavy atom. The summed E-state index contributed by atoms with van der Waals surface area (Å²) >= 11 is 0. The Morgan fingerprint density at radius 1 is 1.11 bits per heavy atom. The van der Waals surface area contributed by atoms with Gasteiger partial charge in [-0.25, -0.2) is 9.78 Å². The van der Waals surface area contributed by atoms with Crippen molar-refractivity contribution in [3.8, 4) is 0 Å². The second-order valence-electron chi connectivity index (χ2n) is 8.27. The van der Waals surface area contributed by atoms with Crippen molar-refractivity contribution in [1.29, 1.82) is 0 Å². The van der Waals surface area contributed by atoms with Gasteiger partial charge in [0.05, 0.1) is 13.3 Å². The number of hydrogen-bond donors (Lipinski definition) is 2. The van der Waals surface area contributed by atoms with Gasteiger partial charge in [0.1, 0.15) is 17.8 Å². The van der Waals surface area contributed by atoms with E-state index in [4.69, 9.17) is 4.74 Å². The van der Waals surface area contributed by atoms with E-state index in [0.29, 0.717) is 0 Å². The molecule has 28 heavy (non-hydrogen) atoms. The Bertz CT molecular complexity index is 681. The van der Waals surface area contributed by atoms with Crippen LogP contribution in [0.2, 0.25) is 0 Å². The fourth-order valence-corrected chi connectivity index (χ4v) is 3.48. The predicted octanol–water partition coefficient (Wildman–Crippen LogP) is 1.86. The third kappa shape index (κ3) is 5.74. The van der Waals surface area contributed by atoms with Gasteiger partial charge >= 0.3 is 5.97 Å². The standard InChI is InChI=1S/C20H30N4O4/c1-20(2,3)16(19(27)28-4)24-18(26)15(13-8-6-5-7-9-13)23-17(25)14-12-21-10-11-22-14/h10-13,15-16H,5-9H2,1-4H3,(H,23,25)(H,24,26)/t15-,16-/m0/s1. The molecule has 2 amide bonds. The van der Waals surface area contributed by atoms with E-state index in [0.717, 1.165) is 32.1 Å². The lowest BCUT2D eigenvalue weighted by Gasteiger charge is -2.34. The van der Waals surface area contributed by atoms with E-state index < -0.39 is 29.4 Å². The third-order valence-corrected chi connectivity index (χ3v) is 5.08. The Morgan fingerprint density at radius 2 is 1.79 bits per heavy atom. The number of rotatable bonds is 6. The lowest BCUT2D eigenvalue weighted by Crippen LogP contribution is -2.58. The molecule has 0 saturated heterocycles. The van der Waals surface area contributed by atoms with Crippen molar-refractivity contribution in [2.75, 3.05) is 7.11 Å². The first kappa shape index (κ1) is 21.8. The van der Waals surface area contributed by atoms with Gasteiger partial charge in [0, 0.05) is 12.4 Å². The molecule has 0 aliphatic heterocycles. The number of esters is 1. The van der Waals surface area contributed by atoms with Crippen molar-refractivity contribution in [2.45, 2.75) is 65.0 Å². The van der Waals surface area contributed by atoms with Crippen LogP contribution in [-0.2, 0) is 14.3 Å². The molecule has 1 aromatic rings. The zero-order valence-electron chi connectivity index (χ0n) is 17.0. The van der Waals surface area contributed by atoms with Crippen molar-refractivity contribution in [1.82, 2.24) is 20.6 Å². The molecule has 1 aliphatic carbocycles. The van der Waals surface area contributed by atoms with Crippen molar-refractivity contribution in [3.05, 3.63) is 24.3 Å². The summed E-state index contributed by atoms with van der Waals surface area (Å²) in [6, 6.07) is -1.56. The van der Waals surface area contributed by atoms with Gasteiger partial charge in [-0.2, -0.15) is 0 Å². The van der Waals surface area contributed by atoms with Crippen molar-refractivity contribution in [2.24, 2.45) is 11.3 Å². The molecular weight excluding hydrogens is 360 g/mol. The molecule has 0 unspecified atom stereocenters. The summed E-state index contributed by atoms with van der Waals surface area (Å²) in [7, 11) is 1.29. The first-order chi connectivity index (χ1) is 13.2. The molecule has 1 heterocycles. The maximum Gasteiger partial charge on any atom is 0.328 e. The second kappa shape index (κ2) is 9.61. The number of amides is 2. The zero-order valence-corrected chi connectivity index (χ0v) is 17.0. The average molecular weight is 390 g/mol. The molecule has 0 bridgehead atoms. The fourth-order valence-electron chi connectivity index (χ4n) is 3.48. The van der Waals surface area contributed by atoms with Gasteiger partial charge in [0.25, 0.3) is 5.91 Å². The summed E-state index contributed by atoms with van der Waals surface area (Å²) < 4.78 is 4.86. The smallest absolute Gasteiger partial charge is 0.328 e. The molecule has 1 saturated carbocycles. The van der Waals surface area contributed by atoms with Gasteiger partial charge in [-0.1, -0.05) is 40.0 Å². The number of methoxy groups -OCH3 is 1. The number of aromatic nitrogens is 2. The monoisotopic (exact) mass is 390 g/mol. The van der Waals surface area contributed by atoms with Crippen molar-refractivity contribution in [3.63, 3.8) is 0 Å². The number of carbonyl (C=O) groups excluding carboxylic acids is 3. The zero-order chi connectivity index (χ0) is 20.7. The quantitative estimate of drug-likeness (QED) is 0.718. The number of hydrogen-bond acceptors (Lipinski definition) is 6. The van der Waals surface area contributed by atoms with Gasteiger partial charge in [-0.3, -0.25) is 14.6 Å². The summed E-state index contributed by atoms with van der Waals surface area (Å²) in [6.45, 7) is 5.55. The van der Waals surface area contributed by atoms with E-state index in [1.54, 1.807) is 0 Å². The summed E-state index contributed by atoms with van der Waals surface area (Å²) in [5, 5.41) is 5.61. The van der Waals surface area contributed by atoms with Crippen LogP contribution in [-0.4, -0.2) is 46.9 Å². The second-order valence-corrected chi connectivity index (χ2v) is 8.27. The molecular formula is C20H30N4O4. The normalized spacial score (nSPS) is 17.3. The van der Waals surface area contributed by atoms with E-state index in [1.807, 2.05) is 20.8 Å². The first-order valence-electron chi connectivity index (χ1n) is 9.69. The van der Waals surface area contributed by atoms with Crippen LogP contribution in [0.3, 0.4) is 0 Å². The lowest BCUT2D eigenvalue weighted by molar-refractivity contribution is -0.148. The van der Waals surface area contributed by atoms with E-state index in [-0.39, 0.29) is 17.5 Å². The van der Waals surface area contributed by atoms with Gasteiger partial charge in [0.15, 0.2) is 0 Å². The van der Waals surface area contributed by atoms with Crippen LogP contribution in [0.15, 0.2) is 18.6 Å². The third-order valence-electron chi connectivity index (χ3n) is 5.08. The van der Waals surface area contributed by atoms with E-state index in [1.165, 1.54) is 25.7 Å². The molecule has 0 radical (unpaired) electrons. The van der Waals surface area contributed by atoms with Crippen molar-refractivity contribution < 1.29 is 19.1 Å². The molecule has 0 aromatic carbocycles. The van der Waals surface area contributed by atoms with Crippen LogP contribution in [0.4, 0.5) is 0 Å². The molecule has 1 fully saturated rings. The Hall–Kier alpha value is -2.51. The van der Waals surface area contributed by atoms with E-state index in [2.05, 4.69) is 20.6 Å². The van der Waals surface area contributed by atoms with Crippen LogP contribution in [0.25, 0.3) is 0 Å². The highest BCUT2D eigenvalue weighted by molar-refractivity contribution is 5.96. The fraction of sp³-hybridized carbons (Fsp3) is 0.650. The maximum atomic E-state index is 13.1. The summed E-state index contributed by atoms with van der Waals surface area (Å²) in [4.78, 5) is 45.8. The minimum Gasteiger partial charge on any atom is -0.467 e. The Balaban J connectivity index is 2.21. The van der Waals surface area contributed by atoms with Crippen LogP contribution >= 0.6 is 0 Å². The SMILES string of the molecule is COC(=O)[C@H](NC(=O)[C@@H](NC(=O)c1cnccn1)C1CCCCC1)C(C)(C)C. The van der Waals surface area contributed by atoms with Gasteiger partial charge < -0.3 is 15.4 Å². The number of carbonyl (C=O) groups is 3. The van der Waals surface area contributed by atoms with Gasteiger partial charge in [-0.15, -0.1) is 0 Å². The van der Waals surface area contributed by atoms with Gasteiger partial charge in [0.2, 0.25) is 5.91 Å². The molecule has 8 heteroatoms. The molecule has 8 nitrogen and oxygen atoms in total. The lowest BCUT2D eigenvalue weighted by atomic mass is 9.82. The molecule has 2 atom stereocenters. The minimum atomic E-state index is -0.815. The van der Waals surface area contributed by atoms with Crippen LogP contribution in [0, 0.1) is 11.3 Å². The van der Waals surface area contributed by atoms with Gasteiger partial charge in [-0.05, 0) is 24.2 Å². The van der Waals surface area contributed by atoms with E-state index >= 15 is 0 Å². The average Bonchev–Trinajstić information content (AvgIpc) is 2.69. The Kier molecular flexibility index (Phi) is 7.48. The predicted molar refractivity (Wildman–Crippen MR) is 103 cm³/mol.